The van der Waals surface area contributed by atoms with Gasteiger partial charge in [0.2, 0.25) is 0 Å². The number of aliphatic hydroxyl groups is 1. The zero-order chi connectivity index (χ0) is 13.0. The number of aromatic nitrogens is 2. The average Bonchev–Trinajstić information content (AvgIpc) is 2.73. The number of carboxylic acid groups (broad SMARTS) is 1. The highest BCUT2D eigenvalue weighted by Gasteiger charge is 2.22. The number of aromatic carboxylic acids is 1. The van der Waals surface area contributed by atoms with E-state index in [0.717, 1.165) is 0 Å². The van der Waals surface area contributed by atoms with Crippen LogP contribution in [0.3, 0.4) is 0 Å². The molecular formula is C10H15N3O4. The van der Waals surface area contributed by atoms with Crippen LogP contribution < -0.4 is 0 Å². The van der Waals surface area contributed by atoms with Crippen molar-refractivity contribution in [2.45, 2.75) is 19.4 Å². The van der Waals surface area contributed by atoms with Gasteiger partial charge in [-0.25, -0.2) is 9.78 Å². The van der Waals surface area contributed by atoms with E-state index in [1.807, 2.05) is 0 Å². The highest BCUT2D eigenvalue weighted by molar-refractivity contribution is 6.02. The van der Waals surface area contributed by atoms with E-state index < -0.39 is 18.0 Å². The second kappa shape index (κ2) is 5.44. The van der Waals surface area contributed by atoms with Crippen LogP contribution >= 0.6 is 0 Å². The maximum Gasteiger partial charge on any atom is 0.354 e. The molecule has 1 unspecified atom stereocenters. The van der Waals surface area contributed by atoms with E-state index in [1.165, 1.54) is 18.3 Å². The lowest BCUT2D eigenvalue weighted by Gasteiger charge is -2.17. The van der Waals surface area contributed by atoms with Crippen LogP contribution in [0.15, 0.2) is 6.33 Å². The second-order valence-corrected chi connectivity index (χ2v) is 3.80. The Bertz CT molecular complexity index is 413. The first-order valence-corrected chi connectivity index (χ1v) is 5.13. The molecule has 1 aromatic heterocycles. The van der Waals surface area contributed by atoms with Crippen LogP contribution in [0.5, 0.6) is 0 Å². The van der Waals surface area contributed by atoms with Crippen molar-refractivity contribution in [3.05, 3.63) is 17.7 Å². The van der Waals surface area contributed by atoms with Gasteiger partial charge in [0, 0.05) is 13.6 Å². The molecule has 0 saturated carbocycles. The number of carbonyl (C=O) groups excluding carboxylic acids is 1. The molecule has 1 atom stereocenters. The molecule has 0 aromatic carbocycles. The van der Waals surface area contributed by atoms with Gasteiger partial charge in [-0.05, 0) is 13.3 Å². The normalized spacial score (nSPS) is 12.2. The molecule has 0 spiro atoms. The fourth-order valence-corrected chi connectivity index (χ4v) is 1.28. The number of hydrogen-bond donors (Lipinski definition) is 3. The Labute approximate surface area is 98.1 Å². The van der Waals surface area contributed by atoms with Crippen LogP contribution in [0.2, 0.25) is 0 Å². The number of aromatic amines is 1. The Morgan fingerprint density at radius 3 is 2.76 bits per heavy atom. The summed E-state index contributed by atoms with van der Waals surface area (Å²) < 4.78 is 0. The Hall–Kier alpha value is -1.89. The van der Waals surface area contributed by atoms with E-state index in [4.69, 9.17) is 10.2 Å². The first-order chi connectivity index (χ1) is 7.93. The third-order valence-corrected chi connectivity index (χ3v) is 2.28. The molecule has 0 aliphatic rings. The fraction of sp³-hybridized carbons (Fsp3) is 0.500. The van der Waals surface area contributed by atoms with Crippen LogP contribution in [-0.4, -0.2) is 56.7 Å². The van der Waals surface area contributed by atoms with Crippen molar-refractivity contribution >= 4 is 11.9 Å². The zero-order valence-electron chi connectivity index (χ0n) is 9.67. The lowest BCUT2D eigenvalue weighted by molar-refractivity contribution is 0.0671. The van der Waals surface area contributed by atoms with E-state index in [2.05, 4.69) is 9.97 Å². The maximum atomic E-state index is 11.8. The molecule has 1 amide bonds. The van der Waals surface area contributed by atoms with E-state index in [1.54, 1.807) is 6.92 Å². The highest BCUT2D eigenvalue weighted by atomic mass is 16.4. The summed E-state index contributed by atoms with van der Waals surface area (Å²) in [6.07, 6.45) is 1.08. The molecule has 0 fully saturated rings. The predicted octanol–water partition coefficient (Wildman–Crippen LogP) is -0.0492. The lowest BCUT2D eigenvalue weighted by atomic mass is 10.2. The van der Waals surface area contributed by atoms with Gasteiger partial charge in [-0.1, -0.05) is 0 Å². The second-order valence-electron chi connectivity index (χ2n) is 3.80. The van der Waals surface area contributed by atoms with Gasteiger partial charge >= 0.3 is 5.97 Å². The van der Waals surface area contributed by atoms with Gasteiger partial charge in [0.25, 0.3) is 5.91 Å². The Morgan fingerprint density at radius 1 is 1.59 bits per heavy atom. The van der Waals surface area contributed by atoms with Crippen molar-refractivity contribution in [2.24, 2.45) is 0 Å². The summed E-state index contributed by atoms with van der Waals surface area (Å²) in [6, 6.07) is 0. The summed E-state index contributed by atoms with van der Waals surface area (Å²) in [5.74, 6) is -1.71. The molecule has 3 N–H and O–H groups in total. The number of H-pyrrole nitrogens is 1. The minimum atomic E-state index is -1.23. The molecule has 1 aromatic rings. The third kappa shape index (κ3) is 3.28. The van der Waals surface area contributed by atoms with E-state index in [9.17, 15) is 9.59 Å². The quantitative estimate of drug-likeness (QED) is 0.670. The minimum absolute atomic E-state index is 0.120. The van der Waals surface area contributed by atoms with Crippen LogP contribution in [0.25, 0.3) is 0 Å². The summed E-state index contributed by atoms with van der Waals surface area (Å²) in [5, 5.41) is 17.9. The molecule has 17 heavy (non-hydrogen) atoms. The first kappa shape index (κ1) is 13.2. The maximum absolute atomic E-state index is 11.8. The van der Waals surface area contributed by atoms with Crippen molar-refractivity contribution in [3.8, 4) is 0 Å². The molecule has 1 rings (SSSR count). The van der Waals surface area contributed by atoms with Crippen molar-refractivity contribution in [1.82, 2.24) is 14.9 Å². The van der Waals surface area contributed by atoms with E-state index in [-0.39, 0.29) is 11.4 Å². The highest BCUT2D eigenvalue weighted by Crippen LogP contribution is 2.07. The summed E-state index contributed by atoms with van der Waals surface area (Å²) in [6.45, 7) is 1.96. The van der Waals surface area contributed by atoms with Gasteiger partial charge in [0.15, 0.2) is 11.4 Å². The van der Waals surface area contributed by atoms with Gasteiger partial charge in [0.1, 0.15) is 0 Å². The molecule has 0 aliphatic carbocycles. The molecular weight excluding hydrogens is 226 g/mol. The topological polar surface area (TPSA) is 107 Å². The molecule has 0 bridgehead atoms. The Balaban J connectivity index is 2.75. The standard InChI is InChI=1S/C10H15N3O4/c1-6(14)3-4-13(2)9(15)7-8(10(16)17)12-5-11-7/h5-6,14H,3-4H2,1-2H3,(H,11,12)(H,16,17). The summed E-state index contributed by atoms with van der Waals surface area (Å²) in [5.41, 5.74) is -0.343. The predicted molar refractivity (Wildman–Crippen MR) is 58.8 cm³/mol. The summed E-state index contributed by atoms with van der Waals surface area (Å²) in [7, 11) is 1.53. The monoisotopic (exact) mass is 241 g/mol. The number of carboxylic acids is 1. The van der Waals surface area contributed by atoms with Gasteiger partial charge in [-0.15, -0.1) is 0 Å². The van der Waals surface area contributed by atoms with Crippen molar-refractivity contribution in [1.29, 1.82) is 0 Å². The van der Waals surface area contributed by atoms with Crippen LogP contribution in [0, 0.1) is 0 Å². The molecule has 1 heterocycles. The lowest BCUT2D eigenvalue weighted by Crippen LogP contribution is -2.30. The molecule has 0 radical (unpaired) electrons. The molecule has 7 nitrogen and oxygen atoms in total. The number of aliphatic hydroxyl groups excluding tert-OH is 1. The summed E-state index contributed by atoms with van der Waals surface area (Å²) >= 11 is 0. The fourth-order valence-electron chi connectivity index (χ4n) is 1.28. The van der Waals surface area contributed by atoms with Crippen molar-refractivity contribution < 1.29 is 19.8 Å². The first-order valence-electron chi connectivity index (χ1n) is 5.13. The SMILES string of the molecule is CC(O)CCN(C)C(=O)c1nc[nH]c1C(=O)O. The number of nitrogens with one attached hydrogen (secondary N) is 1. The molecule has 94 valence electrons. The molecule has 7 heteroatoms. The van der Waals surface area contributed by atoms with Gasteiger partial charge in [-0.2, -0.15) is 0 Å². The summed E-state index contributed by atoms with van der Waals surface area (Å²) in [4.78, 5) is 30.1. The largest absolute Gasteiger partial charge is 0.477 e. The van der Waals surface area contributed by atoms with Crippen molar-refractivity contribution in [3.63, 3.8) is 0 Å². The van der Waals surface area contributed by atoms with Gasteiger partial charge < -0.3 is 20.1 Å². The smallest absolute Gasteiger partial charge is 0.354 e. The Kier molecular flexibility index (Phi) is 4.22. The number of carbonyl (C=O) groups is 2. The number of nitrogens with zero attached hydrogens (tertiary/aromatic N) is 2. The van der Waals surface area contributed by atoms with Crippen LogP contribution in [0.4, 0.5) is 0 Å². The number of amides is 1. The van der Waals surface area contributed by atoms with Crippen LogP contribution in [-0.2, 0) is 0 Å². The zero-order valence-corrected chi connectivity index (χ0v) is 9.67. The minimum Gasteiger partial charge on any atom is -0.477 e. The van der Waals surface area contributed by atoms with Gasteiger partial charge in [0.05, 0.1) is 12.4 Å². The average molecular weight is 241 g/mol. The number of hydrogen-bond acceptors (Lipinski definition) is 4. The molecule has 0 aliphatic heterocycles. The van der Waals surface area contributed by atoms with Gasteiger partial charge in [-0.3, -0.25) is 4.79 Å². The molecule has 0 saturated heterocycles. The number of imidazole rings is 1. The van der Waals surface area contributed by atoms with Crippen molar-refractivity contribution in [2.75, 3.05) is 13.6 Å². The third-order valence-electron chi connectivity index (χ3n) is 2.28. The number of rotatable bonds is 5. The van der Waals surface area contributed by atoms with E-state index >= 15 is 0 Å². The van der Waals surface area contributed by atoms with Crippen LogP contribution in [0.1, 0.15) is 34.3 Å². The Morgan fingerprint density at radius 2 is 2.24 bits per heavy atom. The van der Waals surface area contributed by atoms with E-state index in [0.29, 0.717) is 13.0 Å².